The lowest BCUT2D eigenvalue weighted by molar-refractivity contribution is -0.145. The van der Waals surface area contributed by atoms with E-state index in [-0.39, 0.29) is 54.0 Å². The molecule has 13 heteroatoms. The van der Waals surface area contributed by atoms with E-state index < -0.39 is 28.0 Å². The topological polar surface area (TPSA) is 152 Å². The second kappa shape index (κ2) is 10.8. The van der Waals surface area contributed by atoms with E-state index in [1.807, 2.05) is 10.6 Å². The number of halogens is 1. The standard InChI is InChI=1S/C30H40FN5O6S/c1-29(2,3)42-28(39)35-43(40,41)33-8-7-25(38)34-27-18-9-17-10-19(27)14-30(12-17,13-18)24(37)11-22-26-20(5-4-6-21(26)31)23-15-32-16-36(22)23/h4-6,15-19,22,24,27,33,37H,7-14H2,1-3H3,(H,34,38)(H,35,39). The van der Waals surface area contributed by atoms with Crippen molar-refractivity contribution in [3.05, 3.63) is 42.1 Å². The van der Waals surface area contributed by atoms with Crippen molar-refractivity contribution in [3.63, 3.8) is 0 Å². The Morgan fingerprint density at radius 2 is 1.93 bits per heavy atom. The molecule has 1 aliphatic heterocycles. The van der Waals surface area contributed by atoms with Gasteiger partial charge in [0.25, 0.3) is 0 Å². The Hall–Kier alpha value is -3.03. The zero-order valence-corrected chi connectivity index (χ0v) is 25.5. The van der Waals surface area contributed by atoms with Crippen LogP contribution in [0, 0.1) is 29.0 Å². The lowest BCUT2D eigenvalue weighted by Crippen LogP contribution is -2.62. The van der Waals surface area contributed by atoms with Crippen molar-refractivity contribution in [2.24, 2.45) is 23.2 Å². The number of ether oxygens (including phenoxy) is 1. The first kappa shape index (κ1) is 30.0. The van der Waals surface area contributed by atoms with Crippen LogP contribution in [0.5, 0.6) is 0 Å². The first-order valence-electron chi connectivity index (χ1n) is 15.0. The second-order valence-electron chi connectivity index (χ2n) is 13.8. The number of carbonyl (C=O) groups is 2. The third kappa shape index (κ3) is 5.91. The summed E-state index contributed by atoms with van der Waals surface area (Å²) in [5.74, 6) is 0.369. The smallest absolute Gasteiger partial charge is 0.422 e. The van der Waals surface area contributed by atoms with Gasteiger partial charge in [0, 0.05) is 30.1 Å². The highest BCUT2D eigenvalue weighted by atomic mass is 32.2. The maximum Gasteiger partial charge on any atom is 0.422 e. The highest BCUT2D eigenvalue weighted by Gasteiger charge is 2.58. The first-order valence-corrected chi connectivity index (χ1v) is 16.5. The molecule has 43 heavy (non-hydrogen) atoms. The zero-order valence-electron chi connectivity index (χ0n) is 24.7. The molecule has 0 radical (unpaired) electrons. The quantitative estimate of drug-likeness (QED) is 0.337. The van der Waals surface area contributed by atoms with Crippen molar-refractivity contribution in [3.8, 4) is 11.3 Å². The predicted octanol–water partition coefficient (Wildman–Crippen LogP) is 3.40. The molecule has 4 aliphatic carbocycles. The second-order valence-corrected chi connectivity index (χ2v) is 15.3. The predicted molar refractivity (Wildman–Crippen MR) is 155 cm³/mol. The maximum atomic E-state index is 15.0. The molecule has 2 heterocycles. The molecule has 1 aromatic heterocycles. The average molecular weight is 618 g/mol. The van der Waals surface area contributed by atoms with Crippen LogP contribution >= 0.6 is 0 Å². The van der Waals surface area contributed by atoms with E-state index >= 15 is 4.39 Å². The van der Waals surface area contributed by atoms with Gasteiger partial charge >= 0.3 is 16.3 Å². The molecule has 4 bridgehead atoms. The van der Waals surface area contributed by atoms with E-state index in [1.54, 1.807) is 44.1 Å². The minimum Gasteiger partial charge on any atom is -0.443 e. The SMILES string of the molecule is CC(C)(C)OC(=O)NS(=O)(=O)NCCC(=O)NC1C2CC3CC1CC(C(O)CC1c4c(F)cccc4-c4cncn41)(C3)C2. The van der Waals surface area contributed by atoms with Gasteiger partial charge in [0.15, 0.2) is 0 Å². The zero-order chi connectivity index (χ0) is 30.7. The van der Waals surface area contributed by atoms with Crippen LogP contribution in [-0.2, 0) is 19.7 Å². The number of imidazole rings is 1. The Morgan fingerprint density at radius 3 is 2.63 bits per heavy atom. The number of carbonyl (C=O) groups excluding carboxylic acids is 2. The van der Waals surface area contributed by atoms with Crippen LogP contribution in [0.25, 0.3) is 11.3 Å². The van der Waals surface area contributed by atoms with Crippen molar-refractivity contribution in [2.75, 3.05) is 6.54 Å². The van der Waals surface area contributed by atoms with Gasteiger partial charge in [-0.3, -0.25) is 4.79 Å². The number of fused-ring (bicyclic) bond motifs is 3. The summed E-state index contributed by atoms with van der Waals surface area (Å²) in [4.78, 5) is 28.9. The molecule has 4 atom stereocenters. The van der Waals surface area contributed by atoms with Crippen LogP contribution < -0.4 is 14.8 Å². The Balaban J connectivity index is 1.06. The molecule has 5 aliphatic rings. The van der Waals surface area contributed by atoms with E-state index in [2.05, 4.69) is 15.0 Å². The number of amides is 2. The fourth-order valence-electron chi connectivity index (χ4n) is 8.43. The number of aliphatic hydroxyl groups is 1. The van der Waals surface area contributed by atoms with Crippen molar-refractivity contribution >= 4 is 22.2 Å². The van der Waals surface area contributed by atoms with Crippen LogP contribution in [-0.4, -0.2) is 59.4 Å². The van der Waals surface area contributed by atoms with Crippen molar-refractivity contribution < 1.29 is 32.2 Å². The molecule has 4 saturated carbocycles. The number of aliphatic hydroxyl groups excluding tert-OH is 1. The van der Waals surface area contributed by atoms with E-state index in [0.717, 1.165) is 43.4 Å². The summed E-state index contributed by atoms with van der Waals surface area (Å²) in [7, 11) is -4.17. The maximum absolute atomic E-state index is 15.0. The summed E-state index contributed by atoms with van der Waals surface area (Å²) in [6.07, 6.45) is 6.51. The monoisotopic (exact) mass is 617 g/mol. The van der Waals surface area contributed by atoms with Gasteiger partial charge in [-0.25, -0.2) is 18.9 Å². The number of rotatable bonds is 9. The third-order valence-corrected chi connectivity index (χ3v) is 10.7. The molecule has 0 saturated heterocycles. The van der Waals surface area contributed by atoms with Gasteiger partial charge in [0.05, 0.1) is 30.4 Å². The minimum atomic E-state index is -4.17. The van der Waals surface area contributed by atoms with Crippen LogP contribution in [0.2, 0.25) is 0 Å². The van der Waals surface area contributed by atoms with Crippen LogP contribution in [0.4, 0.5) is 9.18 Å². The van der Waals surface area contributed by atoms with Crippen molar-refractivity contribution in [1.82, 2.24) is 24.3 Å². The molecule has 234 valence electrons. The average Bonchev–Trinajstić information content (AvgIpc) is 3.47. The van der Waals surface area contributed by atoms with Gasteiger partial charge in [-0.05, 0) is 88.5 Å². The lowest BCUT2D eigenvalue weighted by Gasteiger charge is -2.61. The van der Waals surface area contributed by atoms with Gasteiger partial charge in [-0.15, -0.1) is 0 Å². The first-order chi connectivity index (χ1) is 20.2. The Kier molecular flexibility index (Phi) is 7.57. The molecule has 4 N–H and O–H groups in total. The molecule has 11 nitrogen and oxygen atoms in total. The van der Waals surface area contributed by atoms with Crippen molar-refractivity contribution in [2.45, 2.75) is 89.5 Å². The lowest BCUT2D eigenvalue weighted by atomic mass is 9.46. The fraction of sp³-hybridized carbons (Fsp3) is 0.633. The molecular formula is C30H40FN5O6S. The van der Waals surface area contributed by atoms with Gasteiger partial charge in [0.1, 0.15) is 11.4 Å². The van der Waals surface area contributed by atoms with Gasteiger partial charge in [-0.1, -0.05) is 12.1 Å². The molecule has 0 spiro atoms. The number of hydrogen-bond donors (Lipinski definition) is 4. The van der Waals surface area contributed by atoms with Gasteiger partial charge in [0.2, 0.25) is 5.91 Å². The van der Waals surface area contributed by atoms with Gasteiger partial charge in [-0.2, -0.15) is 13.1 Å². The van der Waals surface area contributed by atoms with Crippen LogP contribution in [0.15, 0.2) is 30.7 Å². The molecule has 4 unspecified atom stereocenters. The summed E-state index contributed by atoms with van der Waals surface area (Å²) in [6, 6.07) is 4.72. The van der Waals surface area contributed by atoms with Gasteiger partial charge < -0.3 is 19.7 Å². The third-order valence-electron chi connectivity index (χ3n) is 9.73. The summed E-state index contributed by atoms with van der Waals surface area (Å²) in [5.41, 5.74) is 1.17. The molecular weight excluding hydrogens is 577 g/mol. The number of benzene rings is 1. The normalized spacial score (nSPS) is 29.6. The van der Waals surface area contributed by atoms with E-state index in [4.69, 9.17) is 4.74 Å². The summed E-state index contributed by atoms with van der Waals surface area (Å²) < 4.78 is 50.3. The highest BCUT2D eigenvalue weighted by Crippen LogP contribution is 2.62. The fourth-order valence-corrected chi connectivity index (χ4v) is 9.13. The van der Waals surface area contributed by atoms with Crippen LogP contribution in [0.3, 0.4) is 0 Å². The molecule has 2 aromatic rings. The Morgan fingerprint density at radius 1 is 1.21 bits per heavy atom. The molecule has 4 fully saturated rings. The van der Waals surface area contributed by atoms with E-state index in [0.29, 0.717) is 17.9 Å². The molecule has 7 rings (SSSR count). The Bertz CT molecular complexity index is 1500. The summed E-state index contributed by atoms with van der Waals surface area (Å²) in [6.45, 7) is 4.69. The van der Waals surface area contributed by atoms with E-state index in [1.165, 1.54) is 6.07 Å². The highest BCUT2D eigenvalue weighted by molar-refractivity contribution is 7.88. The van der Waals surface area contributed by atoms with Crippen molar-refractivity contribution in [1.29, 1.82) is 0 Å². The number of aromatic nitrogens is 2. The largest absolute Gasteiger partial charge is 0.443 e. The number of nitrogens with zero attached hydrogens (tertiary/aromatic N) is 2. The molecule has 1 aromatic carbocycles. The van der Waals surface area contributed by atoms with Crippen LogP contribution in [0.1, 0.15) is 77.3 Å². The number of nitrogens with one attached hydrogen (secondary N) is 3. The van der Waals surface area contributed by atoms with E-state index in [9.17, 15) is 23.1 Å². The number of hydrogen-bond acceptors (Lipinski definition) is 7. The minimum absolute atomic E-state index is 0.0363. The Labute approximate surface area is 251 Å². The molecule has 2 amide bonds. The summed E-state index contributed by atoms with van der Waals surface area (Å²) in [5, 5.41) is 14.9. The summed E-state index contributed by atoms with van der Waals surface area (Å²) >= 11 is 0.